The molecule has 2 heterocycles. The van der Waals surface area contributed by atoms with Crippen LogP contribution < -0.4 is 10.5 Å². The molecule has 0 amide bonds. The van der Waals surface area contributed by atoms with Crippen LogP contribution in [0.25, 0.3) is 10.9 Å². The third-order valence-corrected chi connectivity index (χ3v) is 6.22. The summed E-state index contributed by atoms with van der Waals surface area (Å²) in [6, 6.07) is 6.99. The number of carbonyl (C=O) groups is 1. The Labute approximate surface area is 152 Å². The predicted molar refractivity (Wildman–Crippen MR) is 105 cm³/mol. The van der Waals surface area contributed by atoms with E-state index in [-0.39, 0.29) is 18.1 Å². The van der Waals surface area contributed by atoms with E-state index in [2.05, 4.69) is 34.9 Å². The number of ether oxygens (including phenoxy) is 1. The summed E-state index contributed by atoms with van der Waals surface area (Å²) >= 11 is 0. The first-order valence-corrected chi connectivity index (χ1v) is 12.0. The number of H-pyrrole nitrogens is 1. The van der Waals surface area contributed by atoms with Crippen LogP contribution in [0, 0.1) is 5.82 Å². The summed E-state index contributed by atoms with van der Waals surface area (Å²) in [5.74, 6) is -0.844. The Balaban J connectivity index is 2.05. The molecular formula is C19H22FN3O2Si. The second kappa shape index (κ2) is 6.91. The minimum Gasteiger partial charge on any atom is -0.461 e. The quantitative estimate of drug-likeness (QED) is 0.522. The van der Waals surface area contributed by atoms with Crippen LogP contribution in [0.2, 0.25) is 19.6 Å². The van der Waals surface area contributed by atoms with Crippen molar-refractivity contribution in [1.29, 1.82) is 0 Å². The summed E-state index contributed by atoms with van der Waals surface area (Å²) in [7, 11) is -1.61. The maximum atomic E-state index is 14.7. The van der Waals surface area contributed by atoms with Gasteiger partial charge < -0.3 is 15.0 Å². The standard InChI is InChI=1S/C19H22FN3O2Si/c1-5-25-19(24)18-17(13-11-21-9-8-15(13)22-18)23-16-7-6-12(10-14(16)20)26(2,3)4/h6-11,22-23H,5H2,1-4H3. The number of aromatic amines is 1. The van der Waals surface area contributed by atoms with E-state index >= 15 is 0 Å². The molecular weight excluding hydrogens is 349 g/mol. The van der Waals surface area contributed by atoms with Crippen LogP contribution >= 0.6 is 0 Å². The van der Waals surface area contributed by atoms with E-state index in [0.29, 0.717) is 16.8 Å². The number of hydrogen-bond donors (Lipinski definition) is 2. The van der Waals surface area contributed by atoms with Crippen molar-refractivity contribution < 1.29 is 13.9 Å². The van der Waals surface area contributed by atoms with Gasteiger partial charge in [-0.05, 0) is 25.1 Å². The molecule has 5 nitrogen and oxygen atoms in total. The summed E-state index contributed by atoms with van der Waals surface area (Å²) in [5.41, 5.74) is 1.75. The lowest BCUT2D eigenvalue weighted by atomic mass is 10.2. The van der Waals surface area contributed by atoms with Crippen molar-refractivity contribution in [3.8, 4) is 0 Å². The molecule has 7 heteroatoms. The smallest absolute Gasteiger partial charge is 0.356 e. The zero-order valence-corrected chi connectivity index (χ0v) is 16.3. The summed E-state index contributed by atoms with van der Waals surface area (Å²) in [6.45, 7) is 8.49. The Morgan fingerprint density at radius 3 is 2.73 bits per heavy atom. The molecule has 3 aromatic rings. The summed E-state index contributed by atoms with van der Waals surface area (Å²) < 4.78 is 19.8. The molecule has 26 heavy (non-hydrogen) atoms. The Bertz CT molecular complexity index is 963. The summed E-state index contributed by atoms with van der Waals surface area (Å²) in [5, 5.41) is 4.78. The van der Waals surface area contributed by atoms with Crippen LogP contribution in [0.1, 0.15) is 17.4 Å². The molecule has 0 spiro atoms. The number of carbonyl (C=O) groups excluding carboxylic acids is 1. The topological polar surface area (TPSA) is 67.0 Å². The number of rotatable bonds is 5. The fourth-order valence-electron chi connectivity index (χ4n) is 2.74. The lowest BCUT2D eigenvalue weighted by molar-refractivity contribution is 0.0522. The van der Waals surface area contributed by atoms with Crippen LogP contribution in [0.4, 0.5) is 15.8 Å². The first kappa shape index (κ1) is 18.1. The maximum absolute atomic E-state index is 14.7. The lowest BCUT2D eigenvalue weighted by Gasteiger charge is -2.18. The van der Waals surface area contributed by atoms with Gasteiger partial charge in [0.15, 0.2) is 0 Å². The molecule has 0 atom stereocenters. The molecule has 1 aromatic carbocycles. The molecule has 3 rings (SSSR count). The van der Waals surface area contributed by atoms with Crippen molar-refractivity contribution >= 4 is 41.5 Å². The summed E-state index contributed by atoms with van der Waals surface area (Å²) in [6.07, 6.45) is 3.26. The zero-order valence-electron chi connectivity index (χ0n) is 15.3. The van der Waals surface area contributed by atoms with Crippen molar-refractivity contribution in [2.24, 2.45) is 0 Å². The molecule has 0 fully saturated rings. The van der Waals surface area contributed by atoms with Crippen LogP contribution in [0.15, 0.2) is 36.7 Å². The molecule has 0 aliphatic heterocycles. The van der Waals surface area contributed by atoms with Gasteiger partial charge in [-0.2, -0.15) is 0 Å². The van der Waals surface area contributed by atoms with E-state index in [0.717, 1.165) is 10.7 Å². The normalized spacial score (nSPS) is 11.6. The minimum atomic E-state index is -1.61. The molecule has 0 aliphatic rings. The third kappa shape index (κ3) is 3.48. The van der Waals surface area contributed by atoms with E-state index in [9.17, 15) is 9.18 Å². The first-order chi connectivity index (χ1) is 12.3. The van der Waals surface area contributed by atoms with E-state index in [1.54, 1.807) is 37.5 Å². The first-order valence-electron chi connectivity index (χ1n) is 8.51. The van der Waals surface area contributed by atoms with Gasteiger partial charge in [0, 0.05) is 17.8 Å². The molecule has 0 saturated heterocycles. The van der Waals surface area contributed by atoms with E-state index in [1.807, 2.05) is 6.07 Å². The Morgan fingerprint density at radius 1 is 1.31 bits per heavy atom. The van der Waals surface area contributed by atoms with Gasteiger partial charge in [0.2, 0.25) is 0 Å². The van der Waals surface area contributed by atoms with Gasteiger partial charge in [0.1, 0.15) is 11.5 Å². The molecule has 136 valence electrons. The monoisotopic (exact) mass is 371 g/mol. The third-order valence-electron chi connectivity index (χ3n) is 4.17. The zero-order chi connectivity index (χ0) is 18.9. The SMILES string of the molecule is CCOC(=O)c1[nH]c2ccncc2c1Nc1ccc([Si](C)(C)C)cc1F. The Hall–Kier alpha value is -2.67. The Morgan fingerprint density at radius 2 is 2.08 bits per heavy atom. The largest absolute Gasteiger partial charge is 0.461 e. The highest BCUT2D eigenvalue weighted by molar-refractivity contribution is 6.88. The van der Waals surface area contributed by atoms with Gasteiger partial charge in [0.05, 0.1) is 31.6 Å². The van der Waals surface area contributed by atoms with Crippen molar-refractivity contribution in [3.63, 3.8) is 0 Å². The van der Waals surface area contributed by atoms with Gasteiger partial charge in [0.25, 0.3) is 0 Å². The number of aromatic nitrogens is 2. The van der Waals surface area contributed by atoms with Gasteiger partial charge in [-0.15, -0.1) is 0 Å². The van der Waals surface area contributed by atoms with Gasteiger partial charge in [-0.25, -0.2) is 9.18 Å². The van der Waals surface area contributed by atoms with Crippen molar-refractivity contribution in [1.82, 2.24) is 9.97 Å². The van der Waals surface area contributed by atoms with Gasteiger partial charge >= 0.3 is 5.97 Å². The van der Waals surface area contributed by atoms with Crippen molar-refractivity contribution in [3.05, 3.63) is 48.2 Å². The van der Waals surface area contributed by atoms with Gasteiger partial charge in [-0.3, -0.25) is 4.98 Å². The highest BCUT2D eigenvalue weighted by Crippen LogP contribution is 2.31. The fraction of sp³-hybridized carbons (Fsp3) is 0.263. The highest BCUT2D eigenvalue weighted by atomic mass is 28.3. The number of fused-ring (bicyclic) bond motifs is 1. The fourth-order valence-corrected chi connectivity index (χ4v) is 3.88. The molecule has 0 bridgehead atoms. The molecule has 2 aromatic heterocycles. The van der Waals surface area contributed by atoms with Gasteiger partial charge in [-0.1, -0.05) is 30.9 Å². The molecule has 0 radical (unpaired) electrons. The lowest BCUT2D eigenvalue weighted by Crippen LogP contribution is -2.37. The summed E-state index contributed by atoms with van der Waals surface area (Å²) in [4.78, 5) is 19.4. The molecule has 2 N–H and O–H groups in total. The number of halogens is 1. The molecule has 0 unspecified atom stereocenters. The molecule has 0 saturated carbocycles. The number of esters is 1. The van der Waals surface area contributed by atoms with Crippen LogP contribution in [0.5, 0.6) is 0 Å². The number of hydrogen-bond acceptors (Lipinski definition) is 4. The van der Waals surface area contributed by atoms with E-state index in [1.165, 1.54) is 0 Å². The van der Waals surface area contributed by atoms with Crippen molar-refractivity contribution in [2.75, 3.05) is 11.9 Å². The number of benzene rings is 1. The van der Waals surface area contributed by atoms with Crippen LogP contribution in [0.3, 0.4) is 0 Å². The Kier molecular flexibility index (Phi) is 4.82. The minimum absolute atomic E-state index is 0.253. The average molecular weight is 371 g/mol. The molecule has 0 aliphatic carbocycles. The average Bonchev–Trinajstić information content (AvgIpc) is 2.95. The van der Waals surface area contributed by atoms with E-state index < -0.39 is 14.0 Å². The number of pyridine rings is 1. The number of nitrogens with one attached hydrogen (secondary N) is 2. The van der Waals surface area contributed by atoms with Crippen LogP contribution in [-0.4, -0.2) is 30.6 Å². The number of nitrogens with zero attached hydrogens (tertiary/aromatic N) is 1. The predicted octanol–water partition coefficient (Wildman–Crippen LogP) is 4.17. The van der Waals surface area contributed by atoms with Crippen molar-refractivity contribution in [2.45, 2.75) is 26.6 Å². The highest BCUT2D eigenvalue weighted by Gasteiger charge is 2.22. The van der Waals surface area contributed by atoms with Crippen LogP contribution in [-0.2, 0) is 4.74 Å². The second-order valence-corrected chi connectivity index (χ2v) is 12.2. The number of anilines is 2. The maximum Gasteiger partial charge on any atom is 0.356 e. The van der Waals surface area contributed by atoms with E-state index in [4.69, 9.17) is 4.74 Å². The second-order valence-electron chi connectivity index (χ2n) is 7.09.